The summed E-state index contributed by atoms with van der Waals surface area (Å²) in [5, 5.41) is 17.4. The van der Waals surface area contributed by atoms with Crippen molar-refractivity contribution in [3.8, 4) is 0 Å². The molecule has 9 heteroatoms. The van der Waals surface area contributed by atoms with Crippen molar-refractivity contribution in [2.75, 3.05) is 13.3 Å². The molecule has 0 aliphatic heterocycles. The second-order valence-electron chi connectivity index (χ2n) is 8.14. The van der Waals surface area contributed by atoms with Crippen LogP contribution in [0.15, 0.2) is 121 Å². The molecule has 0 heterocycles. The molecule has 0 atom stereocenters. The van der Waals surface area contributed by atoms with Crippen molar-refractivity contribution in [1.29, 1.82) is 0 Å². The van der Waals surface area contributed by atoms with Crippen LogP contribution in [0.1, 0.15) is 1.43 Å². The topological polar surface area (TPSA) is 20.2 Å². The van der Waals surface area contributed by atoms with Crippen molar-refractivity contribution in [1.82, 2.24) is 0 Å². The molecule has 0 aromatic heterocycles. The van der Waals surface area contributed by atoms with Crippen LogP contribution in [0.3, 0.4) is 0 Å². The van der Waals surface area contributed by atoms with E-state index in [1.54, 1.807) is 0 Å². The van der Waals surface area contributed by atoms with E-state index in [1.165, 1.54) is 21.2 Å². The SMILES string of the molecule is C[P+](c1ccccc1)(c1ccccc1)C(O)[P+](C)(c1ccccc1)c1ccccc1.[Cl][Ru]([Cl])([Cl])[Cl].[H-].[Li+]. The summed E-state index contributed by atoms with van der Waals surface area (Å²) in [5.41, 5.74) is -0.486. The quantitative estimate of drug-likeness (QED) is 0.231. The van der Waals surface area contributed by atoms with Gasteiger partial charge in [0.1, 0.15) is 35.7 Å². The van der Waals surface area contributed by atoms with E-state index < -0.39 is 30.9 Å². The fraction of sp³-hybridized carbons (Fsp3) is 0.111. The molecule has 4 rings (SSSR count). The average molecular weight is 681 g/mol. The second-order valence-corrected chi connectivity index (χ2v) is 31.7. The molecule has 0 spiro atoms. The Bertz CT molecular complexity index is 1020. The average Bonchev–Trinajstić information content (AvgIpc) is 2.88. The number of aliphatic hydroxyl groups is 1. The van der Waals surface area contributed by atoms with E-state index in [0.717, 1.165) is 0 Å². The van der Waals surface area contributed by atoms with Gasteiger partial charge in [-0.15, -0.1) is 0 Å². The standard InChI is InChI=1S/C27H28OP2.4ClH.Li.Ru.H/c1-29(23-15-7-3-8-16-23,24-17-9-4-10-18-24)27(28)30(2,25-19-11-5-12-20-25)26-21-13-6-14-22-26;;;;;;;/h3-22,27-28H,1-2H3;4*1H;;;/q+2;;;;;+1;+4;-1/p-4. The van der Waals surface area contributed by atoms with E-state index in [4.69, 9.17) is 38.8 Å². The number of benzene rings is 4. The Labute approximate surface area is 248 Å². The number of hydrogen-bond donors (Lipinski definition) is 1. The molecule has 1 N–H and O–H groups in total. The van der Waals surface area contributed by atoms with Gasteiger partial charge in [0.2, 0.25) is 0 Å². The number of aliphatic hydroxyl groups excluding tert-OH is 1. The first kappa shape index (κ1) is 32.3. The molecule has 0 saturated carbocycles. The predicted octanol–water partition coefficient (Wildman–Crippen LogP) is 4.73. The summed E-state index contributed by atoms with van der Waals surface area (Å²) in [6.07, 6.45) is 0. The summed E-state index contributed by atoms with van der Waals surface area (Å²) in [7, 11) is 12.8. The van der Waals surface area contributed by atoms with E-state index in [0.29, 0.717) is 0 Å². The van der Waals surface area contributed by atoms with Crippen LogP contribution in [0.4, 0.5) is 0 Å². The molecule has 0 saturated heterocycles. The van der Waals surface area contributed by atoms with Gasteiger partial charge in [0.15, 0.2) is 0 Å². The van der Waals surface area contributed by atoms with Crippen LogP contribution in [-0.4, -0.2) is 24.0 Å². The summed E-state index contributed by atoms with van der Waals surface area (Å²) in [4.78, 5) is 0. The van der Waals surface area contributed by atoms with Gasteiger partial charge in [0, 0.05) is 0 Å². The van der Waals surface area contributed by atoms with Gasteiger partial charge in [0.25, 0.3) is 5.59 Å². The molecule has 0 unspecified atom stereocenters. The normalized spacial score (nSPS) is 12.2. The molecule has 0 amide bonds. The Balaban J connectivity index is 0.000000895. The molecule has 0 bridgehead atoms. The van der Waals surface area contributed by atoms with Crippen molar-refractivity contribution in [2.24, 2.45) is 0 Å². The minimum Gasteiger partial charge on any atom is -1.00 e. The summed E-state index contributed by atoms with van der Waals surface area (Å²) >= 11 is 0. The first-order valence-electron chi connectivity index (χ1n) is 10.7. The van der Waals surface area contributed by atoms with Crippen LogP contribution >= 0.6 is 53.3 Å². The van der Waals surface area contributed by atoms with Gasteiger partial charge >= 0.3 is 68.4 Å². The molecular formula is C27H29Cl4LiOP2Ru+2. The minimum absolute atomic E-state index is 0. The van der Waals surface area contributed by atoms with Crippen molar-refractivity contribution < 1.29 is 36.2 Å². The monoisotopic (exact) mass is 680 g/mol. The molecule has 188 valence electrons. The molecule has 0 aliphatic carbocycles. The predicted molar refractivity (Wildman–Crippen MR) is 161 cm³/mol. The zero-order valence-electron chi connectivity index (χ0n) is 21.3. The summed E-state index contributed by atoms with van der Waals surface area (Å²) in [5.74, 6) is 0. The fourth-order valence-electron chi connectivity index (χ4n) is 4.24. The van der Waals surface area contributed by atoms with Crippen LogP contribution in [-0.2, 0) is 10.8 Å². The third-order valence-electron chi connectivity index (χ3n) is 6.09. The Hall–Kier alpha value is 0.0808. The zero-order valence-corrected chi connectivity index (χ0v) is 26.9. The van der Waals surface area contributed by atoms with Crippen LogP contribution in [0, 0.1) is 0 Å². The van der Waals surface area contributed by atoms with E-state index >= 15 is 0 Å². The van der Waals surface area contributed by atoms with Gasteiger partial charge in [0.05, 0.1) is 13.3 Å². The maximum absolute atomic E-state index is 12.4. The van der Waals surface area contributed by atoms with E-state index in [-0.39, 0.29) is 20.3 Å². The maximum atomic E-state index is 12.4. The summed E-state index contributed by atoms with van der Waals surface area (Å²) < 4.78 is 0. The third kappa shape index (κ3) is 8.05. The molecule has 1 nitrogen and oxygen atoms in total. The second kappa shape index (κ2) is 14.5. The fourth-order valence-corrected chi connectivity index (χ4v) is 14.4. The Morgan fingerprint density at radius 1 is 0.528 bits per heavy atom. The number of halogens is 4. The first-order chi connectivity index (χ1) is 16.6. The number of rotatable bonds is 6. The largest absolute Gasteiger partial charge is 1.00 e. The van der Waals surface area contributed by atoms with E-state index in [2.05, 4.69) is 110 Å². The molecule has 0 fully saturated rings. The van der Waals surface area contributed by atoms with Gasteiger partial charge < -0.3 is 6.53 Å². The van der Waals surface area contributed by atoms with E-state index in [9.17, 15) is 5.11 Å². The van der Waals surface area contributed by atoms with Gasteiger partial charge in [-0.25, -0.2) is 0 Å². The van der Waals surface area contributed by atoms with Crippen molar-refractivity contribution in [3.63, 3.8) is 0 Å². The minimum atomic E-state index is -2.97. The van der Waals surface area contributed by atoms with Gasteiger partial charge in [-0.1, -0.05) is 72.8 Å². The Kier molecular flexibility index (Phi) is 13.0. The third-order valence-corrected chi connectivity index (χ3v) is 16.2. The molecular weight excluding hydrogens is 652 g/mol. The first-order valence-corrected chi connectivity index (χ1v) is 24.3. The number of hydrogen-bond acceptors (Lipinski definition) is 1. The smallest absolute Gasteiger partial charge is 1.00 e. The summed E-state index contributed by atoms with van der Waals surface area (Å²) in [6, 6.07) is 42.4. The van der Waals surface area contributed by atoms with Gasteiger partial charge in [-0.3, -0.25) is 0 Å². The van der Waals surface area contributed by atoms with Crippen molar-refractivity contribution >= 4 is 74.5 Å². The van der Waals surface area contributed by atoms with E-state index in [1.807, 2.05) is 24.3 Å². The van der Waals surface area contributed by atoms with Crippen molar-refractivity contribution in [3.05, 3.63) is 121 Å². The van der Waals surface area contributed by atoms with Crippen LogP contribution < -0.4 is 40.1 Å². The molecule has 4 aromatic rings. The van der Waals surface area contributed by atoms with Gasteiger partial charge in [-0.05, 0) is 48.5 Å². The van der Waals surface area contributed by atoms with Crippen LogP contribution in [0.5, 0.6) is 0 Å². The summed E-state index contributed by atoms with van der Waals surface area (Å²) in [6.45, 7) is 4.60. The molecule has 0 aliphatic rings. The molecule has 0 radical (unpaired) electrons. The van der Waals surface area contributed by atoms with Gasteiger partial charge in [-0.2, -0.15) is 0 Å². The van der Waals surface area contributed by atoms with Crippen LogP contribution in [0.2, 0.25) is 0 Å². The Morgan fingerprint density at radius 3 is 0.861 bits per heavy atom. The van der Waals surface area contributed by atoms with Crippen LogP contribution in [0.25, 0.3) is 0 Å². The zero-order chi connectivity index (χ0) is 25.5. The molecule has 36 heavy (non-hydrogen) atoms. The van der Waals surface area contributed by atoms with Crippen molar-refractivity contribution in [2.45, 2.75) is 5.59 Å². The Morgan fingerprint density at radius 2 is 0.694 bits per heavy atom. The molecule has 4 aromatic carbocycles. The maximum Gasteiger partial charge on any atom is 1.00 e.